The number of benzene rings is 3. The van der Waals surface area contributed by atoms with E-state index in [1.807, 2.05) is 47.0 Å². The van der Waals surface area contributed by atoms with Crippen LogP contribution in [0.25, 0.3) is 11.0 Å². The maximum atomic E-state index is 13.0. The summed E-state index contributed by atoms with van der Waals surface area (Å²) in [6.45, 7) is 3.31. The van der Waals surface area contributed by atoms with Crippen molar-refractivity contribution in [3.8, 4) is 5.75 Å². The van der Waals surface area contributed by atoms with Gasteiger partial charge < -0.3 is 19.7 Å². The molecule has 1 amide bonds. The van der Waals surface area contributed by atoms with Crippen molar-refractivity contribution in [3.05, 3.63) is 100 Å². The molecule has 5 rings (SSSR count). The number of hydrogen-bond donors (Lipinski definition) is 2. The standard InChI is InChI=1S/C31H36N4O4/c1-39-26-13-7-11-24(19-26)21-33(20-23-9-3-2-4-10-23)17-8-12-25-22-34(31(37)38)18-16-28(25)35-29-15-6-5-14-27(29)32-30(35)36/h2-7,9-11,13-15,19,25,28H,8,12,16-18,20-22H2,1H3,(H,32,36)(H,37,38). The molecular formula is C31H36N4O4. The van der Waals surface area contributed by atoms with Crippen LogP contribution >= 0.6 is 0 Å². The highest BCUT2D eigenvalue weighted by Gasteiger charge is 2.34. The van der Waals surface area contributed by atoms with Gasteiger partial charge in [0.2, 0.25) is 0 Å². The molecule has 3 aromatic carbocycles. The average Bonchev–Trinajstić information content (AvgIpc) is 3.29. The number of carboxylic acid groups (broad SMARTS) is 1. The van der Waals surface area contributed by atoms with Gasteiger partial charge in [0.1, 0.15) is 5.75 Å². The lowest BCUT2D eigenvalue weighted by Gasteiger charge is -2.38. The van der Waals surface area contributed by atoms with Crippen molar-refractivity contribution in [2.75, 3.05) is 26.7 Å². The van der Waals surface area contributed by atoms with Gasteiger partial charge in [-0.2, -0.15) is 0 Å². The number of imidazole rings is 1. The molecule has 0 spiro atoms. The Morgan fingerprint density at radius 3 is 2.56 bits per heavy atom. The zero-order valence-electron chi connectivity index (χ0n) is 22.3. The second-order valence-electron chi connectivity index (χ2n) is 10.4. The van der Waals surface area contributed by atoms with Gasteiger partial charge in [-0.1, -0.05) is 54.6 Å². The molecule has 204 valence electrons. The minimum atomic E-state index is -0.895. The van der Waals surface area contributed by atoms with Gasteiger partial charge in [-0.05, 0) is 67.1 Å². The monoisotopic (exact) mass is 528 g/mol. The van der Waals surface area contributed by atoms with Crippen molar-refractivity contribution in [1.29, 1.82) is 0 Å². The van der Waals surface area contributed by atoms with E-state index in [0.717, 1.165) is 49.3 Å². The van der Waals surface area contributed by atoms with E-state index in [1.54, 1.807) is 7.11 Å². The third-order valence-corrected chi connectivity index (χ3v) is 7.76. The molecule has 0 saturated carbocycles. The molecule has 0 radical (unpaired) electrons. The summed E-state index contributed by atoms with van der Waals surface area (Å²) in [4.78, 5) is 31.7. The van der Waals surface area contributed by atoms with Crippen molar-refractivity contribution in [1.82, 2.24) is 19.4 Å². The zero-order valence-corrected chi connectivity index (χ0v) is 22.3. The SMILES string of the molecule is COc1cccc(CN(CCCC2CN(C(=O)O)CCC2n2c(=O)[nH]c3ccccc32)Cc2ccccc2)c1. The van der Waals surface area contributed by atoms with Gasteiger partial charge in [0.05, 0.1) is 18.1 Å². The molecule has 2 atom stereocenters. The Hall–Kier alpha value is -4.04. The van der Waals surface area contributed by atoms with Crippen molar-refractivity contribution >= 4 is 17.1 Å². The van der Waals surface area contributed by atoms with Crippen LogP contribution in [0.4, 0.5) is 4.79 Å². The van der Waals surface area contributed by atoms with Gasteiger partial charge in [-0.15, -0.1) is 0 Å². The molecule has 1 aliphatic heterocycles. The molecule has 1 saturated heterocycles. The smallest absolute Gasteiger partial charge is 0.407 e. The highest BCUT2D eigenvalue weighted by atomic mass is 16.5. The Labute approximate surface area is 228 Å². The number of nitrogens with zero attached hydrogens (tertiary/aromatic N) is 3. The van der Waals surface area contributed by atoms with E-state index < -0.39 is 6.09 Å². The van der Waals surface area contributed by atoms with Crippen LogP contribution in [0.1, 0.15) is 36.4 Å². The van der Waals surface area contributed by atoms with Crippen molar-refractivity contribution in [2.45, 2.75) is 38.4 Å². The summed E-state index contributed by atoms with van der Waals surface area (Å²) in [6.07, 6.45) is 1.44. The lowest BCUT2D eigenvalue weighted by atomic mass is 9.87. The van der Waals surface area contributed by atoms with Crippen LogP contribution in [0, 0.1) is 5.92 Å². The fraction of sp³-hybridized carbons (Fsp3) is 0.355. The zero-order chi connectivity index (χ0) is 27.2. The highest BCUT2D eigenvalue weighted by molar-refractivity contribution is 5.75. The Bertz CT molecular complexity index is 1450. The Kier molecular flexibility index (Phi) is 8.32. The van der Waals surface area contributed by atoms with E-state index in [-0.39, 0.29) is 17.6 Å². The fourth-order valence-corrected chi connectivity index (χ4v) is 5.88. The Balaban J connectivity index is 1.33. The van der Waals surface area contributed by atoms with Gasteiger partial charge >= 0.3 is 11.8 Å². The molecule has 1 fully saturated rings. The number of piperidine rings is 1. The van der Waals surface area contributed by atoms with Crippen molar-refractivity contribution in [2.24, 2.45) is 5.92 Å². The number of amides is 1. The van der Waals surface area contributed by atoms with Gasteiger partial charge in [0, 0.05) is 32.2 Å². The predicted octanol–water partition coefficient (Wildman–Crippen LogP) is 5.36. The molecule has 0 aliphatic carbocycles. The number of para-hydroxylation sites is 2. The van der Waals surface area contributed by atoms with Crippen LogP contribution in [0.15, 0.2) is 83.7 Å². The molecule has 39 heavy (non-hydrogen) atoms. The van der Waals surface area contributed by atoms with Crippen molar-refractivity contribution < 1.29 is 14.6 Å². The van der Waals surface area contributed by atoms with E-state index in [2.05, 4.69) is 46.3 Å². The average molecular weight is 529 g/mol. The number of aromatic amines is 1. The molecule has 8 nitrogen and oxygen atoms in total. The summed E-state index contributed by atoms with van der Waals surface area (Å²) in [6, 6.07) is 26.3. The van der Waals surface area contributed by atoms with Crippen LogP contribution in [0.5, 0.6) is 5.75 Å². The number of methoxy groups -OCH3 is 1. The molecule has 2 heterocycles. The first-order chi connectivity index (χ1) is 19.0. The first kappa shape index (κ1) is 26.6. The van der Waals surface area contributed by atoms with Crippen molar-refractivity contribution in [3.63, 3.8) is 0 Å². The van der Waals surface area contributed by atoms with Gasteiger partial charge in [0.15, 0.2) is 0 Å². The Morgan fingerprint density at radius 2 is 1.77 bits per heavy atom. The van der Waals surface area contributed by atoms with E-state index >= 15 is 0 Å². The van der Waals surface area contributed by atoms with Crippen LogP contribution < -0.4 is 10.4 Å². The molecule has 4 aromatic rings. The molecular weight excluding hydrogens is 492 g/mol. The van der Waals surface area contributed by atoms with E-state index in [4.69, 9.17) is 4.74 Å². The molecule has 2 unspecified atom stereocenters. The van der Waals surface area contributed by atoms with Gasteiger partial charge in [0.25, 0.3) is 0 Å². The predicted molar refractivity (Wildman–Crippen MR) is 152 cm³/mol. The number of fused-ring (bicyclic) bond motifs is 1. The lowest BCUT2D eigenvalue weighted by molar-refractivity contribution is 0.0932. The Morgan fingerprint density at radius 1 is 1.03 bits per heavy atom. The number of ether oxygens (including phenoxy) is 1. The quantitative estimate of drug-likeness (QED) is 0.289. The molecule has 0 bridgehead atoms. The first-order valence-corrected chi connectivity index (χ1v) is 13.6. The summed E-state index contributed by atoms with van der Waals surface area (Å²) in [5, 5.41) is 9.72. The summed E-state index contributed by atoms with van der Waals surface area (Å²) in [7, 11) is 1.68. The summed E-state index contributed by atoms with van der Waals surface area (Å²) < 4.78 is 7.29. The topological polar surface area (TPSA) is 90.8 Å². The number of likely N-dealkylation sites (tertiary alicyclic amines) is 1. The minimum Gasteiger partial charge on any atom is -0.497 e. The van der Waals surface area contributed by atoms with Crippen LogP contribution in [0.2, 0.25) is 0 Å². The molecule has 2 N–H and O–H groups in total. The number of H-pyrrole nitrogens is 1. The van der Waals surface area contributed by atoms with Crippen LogP contribution in [-0.2, 0) is 13.1 Å². The maximum absolute atomic E-state index is 13.0. The van der Waals surface area contributed by atoms with E-state index in [0.29, 0.717) is 19.5 Å². The molecule has 8 heteroatoms. The lowest BCUT2D eigenvalue weighted by Crippen LogP contribution is -2.45. The largest absolute Gasteiger partial charge is 0.497 e. The normalized spacial score (nSPS) is 17.5. The first-order valence-electron chi connectivity index (χ1n) is 13.6. The maximum Gasteiger partial charge on any atom is 0.407 e. The van der Waals surface area contributed by atoms with E-state index in [9.17, 15) is 14.7 Å². The molecule has 1 aliphatic rings. The minimum absolute atomic E-state index is 0.0437. The number of rotatable bonds is 10. The summed E-state index contributed by atoms with van der Waals surface area (Å²) in [5.41, 5.74) is 4.00. The van der Waals surface area contributed by atoms with Gasteiger partial charge in [-0.25, -0.2) is 9.59 Å². The summed E-state index contributed by atoms with van der Waals surface area (Å²) in [5.74, 6) is 0.886. The van der Waals surface area contributed by atoms with E-state index in [1.165, 1.54) is 16.0 Å². The second kappa shape index (κ2) is 12.2. The summed E-state index contributed by atoms with van der Waals surface area (Å²) >= 11 is 0. The van der Waals surface area contributed by atoms with Gasteiger partial charge in [-0.3, -0.25) is 9.47 Å². The second-order valence-corrected chi connectivity index (χ2v) is 10.4. The highest BCUT2D eigenvalue weighted by Crippen LogP contribution is 2.33. The molecule has 1 aromatic heterocycles. The number of carbonyl (C=O) groups is 1. The number of nitrogens with one attached hydrogen (secondary N) is 1. The fourth-order valence-electron chi connectivity index (χ4n) is 5.88. The van der Waals surface area contributed by atoms with Crippen LogP contribution in [0.3, 0.4) is 0 Å². The number of aromatic nitrogens is 2. The number of hydrogen-bond acceptors (Lipinski definition) is 4. The third kappa shape index (κ3) is 6.34. The van der Waals surface area contributed by atoms with Crippen LogP contribution in [-0.4, -0.2) is 57.3 Å². The third-order valence-electron chi connectivity index (χ3n) is 7.76.